The van der Waals surface area contributed by atoms with Crippen LogP contribution in [0.1, 0.15) is 10.4 Å². The minimum atomic E-state index is -0.596. The zero-order valence-corrected chi connectivity index (χ0v) is 9.82. The third-order valence-electron chi connectivity index (χ3n) is 1.92. The number of carbonyl (C=O) groups is 2. The van der Waals surface area contributed by atoms with E-state index in [2.05, 4.69) is 0 Å². The largest absolute Gasteiger partial charge is 0.452 e. The molecule has 0 N–H and O–H groups in total. The maximum atomic E-state index is 11.5. The lowest BCUT2D eigenvalue weighted by Gasteiger charge is -2.10. The van der Waals surface area contributed by atoms with Gasteiger partial charge in [0.25, 0.3) is 5.91 Å². The smallest absolute Gasteiger partial charge is 0.340 e. The quantitative estimate of drug-likeness (QED) is 0.755. The second-order valence-corrected chi connectivity index (χ2v) is 3.75. The van der Waals surface area contributed by atoms with Gasteiger partial charge in [-0.2, -0.15) is 0 Å². The Hall–Kier alpha value is -1.55. The highest BCUT2D eigenvalue weighted by Crippen LogP contribution is 2.15. The summed E-state index contributed by atoms with van der Waals surface area (Å²) in [5.74, 6) is -0.874. The Morgan fingerprint density at radius 2 is 1.94 bits per heavy atom. The van der Waals surface area contributed by atoms with Crippen LogP contribution in [-0.2, 0) is 9.53 Å². The molecule has 0 aromatic heterocycles. The number of benzene rings is 1. The Kier molecular flexibility index (Phi) is 4.31. The van der Waals surface area contributed by atoms with Crippen molar-refractivity contribution < 1.29 is 14.3 Å². The Morgan fingerprint density at radius 1 is 1.31 bits per heavy atom. The Bertz CT molecular complexity index is 404. The molecule has 0 atom stereocenters. The fourth-order valence-corrected chi connectivity index (χ4v) is 1.17. The Balaban J connectivity index is 2.60. The van der Waals surface area contributed by atoms with E-state index in [0.29, 0.717) is 5.02 Å². The van der Waals surface area contributed by atoms with Crippen molar-refractivity contribution in [3.8, 4) is 0 Å². The van der Waals surface area contributed by atoms with Crippen molar-refractivity contribution in [1.29, 1.82) is 0 Å². The first-order valence-electron chi connectivity index (χ1n) is 4.64. The van der Waals surface area contributed by atoms with Gasteiger partial charge in [0.15, 0.2) is 6.61 Å². The number of nitrogens with zero attached hydrogens (tertiary/aromatic N) is 1. The molecule has 86 valence electrons. The molecular formula is C11H12ClNO3. The third-order valence-corrected chi connectivity index (χ3v) is 2.25. The van der Waals surface area contributed by atoms with E-state index < -0.39 is 5.97 Å². The number of rotatable bonds is 3. The lowest BCUT2D eigenvalue weighted by molar-refractivity contribution is -0.131. The van der Waals surface area contributed by atoms with E-state index in [0.717, 1.165) is 0 Å². The van der Waals surface area contributed by atoms with E-state index in [1.54, 1.807) is 38.4 Å². The molecule has 0 fully saturated rings. The van der Waals surface area contributed by atoms with E-state index in [-0.39, 0.29) is 18.1 Å². The average Bonchev–Trinajstić information content (AvgIpc) is 2.25. The minimum absolute atomic E-state index is 0.260. The first-order valence-corrected chi connectivity index (χ1v) is 5.02. The summed E-state index contributed by atoms with van der Waals surface area (Å²) in [5.41, 5.74) is 0.260. The normalized spacial score (nSPS) is 9.69. The van der Waals surface area contributed by atoms with Gasteiger partial charge < -0.3 is 9.64 Å². The molecule has 0 radical (unpaired) electrons. The second-order valence-electron chi connectivity index (χ2n) is 3.34. The van der Waals surface area contributed by atoms with Crippen molar-refractivity contribution in [2.75, 3.05) is 20.7 Å². The minimum Gasteiger partial charge on any atom is -0.452 e. The van der Waals surface area contributed by atoms with E-state index >= 15 is 0 Å². The predicted molar refractivity (Wildman–Crippen MR) is 60.4 cm³/mol. The van der Waals surface area contributed by atoms with Gasteiger partial charge >= 0.3 is 5.97 Å². The molecule has 0 heterocycles. The molecule has 0 bridgehead atoms. The summed E-state index contributed by atoms with van der Waals surface area (Å²) in [5, 5.41) is 0.310. The van der Waals surface area contributed by atoms with E-state index in [1.165, 1.54) is 4.90 Å². The molecule has 0 aliphatic rings. The van der Waals surface area contributed by atoms with Crippen molar-refractivity contribution >= 4 is 23.5 Å². The molecule has 1 amide bonds. The molecule has 16 heavy (non-hydrogen) atoms. The van der Waals surface area contributed by atoms with Crippen LogP contribution in [0.2, 0.25) is 5.02 Å². The number of carbonyl (C=O) groups excluding carboxylic acids is 2. The molecule has 0 aliphatic carbocycles. The van der Waals surface area contributed by atoms with Gasteiger partial charge in [0.2, 0.25) is 0 Å². The highest BCUT2D eigenvalue weighted by Gasteiger charge is 2.13. The number of hydrogen-bond donors (Lipinski definition) is 0. The molecule has 4 nitrogen and oxygen atoms in total. The van der Waals surface area contributed by atoms with Crippen LogP contribution in [-0.4, -0.2) is 37.5 Å². The lowest BCUT2D eigenvalue weighted by atomic mass is 10.2. The van der Waals surface area contributed by atoms with Crippen molar-refractivity contribution in [3.63, 3.8) is 0 Å². The molecule has 0 spiro atoms. The first-order chi connectivity index (χ1) is 7.52. The fourth-order valence-electron chi connectivity index (χ4n) is 0.961. The second kappa shape index (κ2) is 5.51. The number of likely N-dealkylation sites (N-methyl/N-ethyl adjacent to an activating group) is 1. The summed E-state index contributed by atoms with van der Waals surface area (Å²) < 4.78 is 4.82. The molecular weight excluding hydrogens is 230 g/mol. The zero-order valence-electron chi connectivity index (χ0n) is 9.07. The number of esters is 1. The highest BCUT2D eigenvalue weighted by atomic mass is 35.5. The first kappa shape index (κ1) is 12.5. The van der Waals surface area contributed by atoms with Crippen molar-refractivity contribution in [2.45, 2.75) is 0 Å². The average molecular weight is 242 g/mol. The van der Waals surface area contributed by atoms with Crippen LogP contribution in [0.15, 0.2) is 24.3 Å². The van der Waals surface area contributed by atoms with Gasteiger partial charge in [-0.15, -0.1) is 0 Å². The van der Waals surface area contributed by atoms with Crippen molar-refractivity contribution in [3.05, 3.63) is 34.9 Å². The summed E-state index contributed by atoms with van der Waals surface area (Å²) in [6, 6.07) is 6.52. The van der Waals surface area contributed by atoms with Gasteiger partial charge in [-0.3, -0.25) is 4.79 Å². The molecule has 5 heteroatoms. The summed E-state index contributed by atoms with van der Waals surface area (Å²) in [6.45, 7) is -0.281. The van der Waals surface area contributed by atoms with Crippen molar-refractivity contribution in [1.82, 2.24) is 4.90 Å². The fraction of sp³-hybridized carbons (Fsp3) is 0.273. The number of ether oxygens (including phenoxy) is 1. The molecule has 0 saturated heterocycles. The number of hydrogen-bond acceptors (Lipinski definition) is 3. The molecule has 0 unspecified atom stereocenters. The van der Waals surface area contributed by atoms with Crippen LogP contribution >= 0.6 is 11.6 Å². The molecule has 0 saturated carbocycles. The van der Waals surface area contributed by atoms with E-state index in [1.807, 2.05) is 0 Å². The Morgan fingerprint density at radius 3 is 2.50 bits per heavy atom. The third kappa shape index (κ3) is 3.24. The predicted octanol–water partition coefficient (Wildman–Crippen LogP) is 1.58. The van der Waals surface area contributed by atoms with Gasteiger partial charge in [0, 0.05) is 14.1 Å². The highest BCUT2D eigenvalue weighted by molar-refractivity contribution is 6.33. The number of halogens is 1. The van der Waals surface area contributed by atoms with Gasteiger partial charge in [0.05, 0.1) is 10.6 Å². The van der Waals surface area contributed by atoms with Gasteiger partial charge in [-0.25, -0.2) is 4.79 Å². The van der Waals surface area contributed by atoms with Crippen LogP contribution < -0.4 is 0 Å². The zero-order chi connectivity index (χ0) is 12.1. The van der Waals surface area contributed by atoms with Gasteiger partial charge in [-0.05, 0) is 12.1 Å². The van der Waals surface area contributed by atoms with E-state index in [9.17, 15) is 9.59 Å². The summed E-state index contributed by atoms with van der Waals surface area (Å²) >= 11 is 5.80. The summed E-state index contributed by atoms with van der Waals surface area (Å²) in [4.78, 5) is 24.0. The molecule has 0 aliphatic heterocycles. The maximum absolute atomic E-state index is 11.5. The van der Waals surface area contributed by atoms with Crippen LogP contribution in [0.4, 0.5) is 0 Å². The molecule has 1 rings (SSSR count). The SMILES string of the molecule is CN(C)C(=O)COC(=O)c1ccccc1Cl. The van der Waals surface area contributed by atoms with Gasteiger partial charge in [-0.1, -0.05) is 23.7 Å². The number of amides is 1. The topological polar surface area (TPSA) is 46.6 Å². The van der Waals surface area contributed by atoms with E-state index in [4.69, 9.17) is 16.3 Å². The van der Waals surface area contributed by atoms with Gasteiger partial charge in [0.1, 0.15) is 0 Å². The lowest BCUT2D eigenvalue weighted by Crippen LogP contribution is -2.27. The molecule has 1 aromatic rings. The maximum Gasteiger partial charge on any atom is 0.340 e. The monoisotopic (exact) mass is 241 g/mol. The standard InChI is InChI=1S/C11H12ClNO3/c1-13(2)10(14)7-16-11(15)8-5-3-4-6-9(8)12/h3-6H,7H2,1-2H3. The van der Waals surface area contributed by atoms with Crippen LogP contribution in [0.3, 0.4) is 0 Å². The summed E-state index contributed by atoms with van der Waals surface area (Å²) in [7, 11) is 3.18. The van der Waals surface area contributed by atoms with Crippen LogP contribution in [0.25, 0.3) is 0 Å². The Labute approximate surface area is 98.8 Å². The van der Waals surface area contributed by atoms with Crippen molar-refractivity contribution in [2.24, 2.45) is 0 Å². The van der Waals surface area contributed by atoms with Crippen LogP contribution in [0, 0.1) is 0 Å². The van der Waals surface area contributed by atoms with Crippen LogP contribution in [0.5, 0.6) is 0 Å². The summed E-state index contributed by atoms with van der Waals surface area (Å²) in [6.07, 6.45) is 0. The molecule has 1 aromatic carbocycles.